The van der Waals surface area contributed by atoms with Crippen LogP contribution in [0, 0.1) is 5.92 Å². The number of aliphatic hydroxyl groups is 6. The molecule has 2 saturated heterocycles. The first-order valence-corrected chi connectivity index (χ1v) is 40.9. The number of alkyl halides is 3. The van der Waals surface area contributed by atoms with E-state index in [9.17, 15) is 78.3 Å². The van der Waals surface area contributed by atoms with E-state index in [0.717, 1.165) is 78.9 Å². The minimum Gasteiger partial charge on any atom is -0.508 e. The zero-order valence-corrected chi connectivity index (χ0v) is 70.0. The van der Waals surface area contributed by atoms with Crippen molar-refractivity contribution in [3.05, 3.63) is 176 Å². The van der Waals surface area contributed by atoms with Crippen molar-refractivity contribution in [2.24, 2.45) is 17.4 Å². The van der Waals surface area contributed by atoms with Crippen LogP contribution in [0.1, 0.15) is 134 Å². The third kappa shape index (κ3) is 22.1. The van der Waals surface area contributed by atoms with Gasteiger partial charge in [0.25, 0.3) is 5.91 Å². The number of fused-ring (bicyclic) bond motifs is 15. The van der Waals surface area contributed by atoms with Crippen molar-refractivity contribution in [1.29, 1.82) is 0 Å². The molecular formula is C85H95Cl2F3N12O25. The molecule has 7 heterocycles. The van der Waals surface area contributed by atoms with Crippen molar-refractivity contribution in [1.82, 2.24) is 47.9 Å². The van der Waals surface area contributed by atoms with E-state index in [1.807, 2.05) is 13.8 Å². The van der Waals surface area contributed by atoms with E-state index in [0.29, 0.717) is 18.4 Å². The number of aromatic hydroxyl groups is 3. The number of benzene rings is 7. The molecule has 37 nitrogen and oxygen atoms in total. The molecule has 7 aromatic rings. The molecule has 0 saturated carbocycles. The zero-order valence-electron chi connectivity index (χ0n) is 68.5. The topological polar surface area (TPSA) is 573 Å². The normalized spacial score (nSPS) is 25.8. The van der Waals surface area contributed by atoms with Gasteiger partial charge >= 0.3 is 6.36 Å². The lowest BCUT2D eigenvalue weighted by Gasteiger charge is -2.48. The number of phenolic OH excluding ortho intramolecular Hbond substituents is 3. The molecule has 2 unspecified atom stereocenters. The van der Waals surface area contributed by atoms with E-state index < -0.39 is 255 Å². The summed E-state index contributed by atoms with van der Waals surface area (Å²) in [6.45, 7) is 5.77. The largest absolute Gasteiger partial charge is 0.573 e. The summed E-state index contributed by atoms with van der Waals surface area (Å²) in [5, 5.41) is 133. The highest BCUT2D eigenvalue weighted by Gasteiger charge is 2.53. The van der Waals surface area contributed by atoms with Gasteiger partial charge in [-0.25, -0.2) is 0 Å². The first-order valence-electron chi connectivity index (χ1n) is 40.1. The van der Waals surface area contributed by atoms with Gasteiger partial charge in [-0.3, -0.25) is 43.2 Å². The molecule has 127 heavy (non-hydrogen) atoms. The Bertz CT molecular complexity index is 5320. The number of likely N-dealkylation sites (N-methyl/N-ethyl adjacent to an activating group) is 1. The number of anilines is 1. The van der Waals surface area contributed by atoms with Crippen LogP contribution in [-0.4, -0.2) is 211 Å². The predicted molar refractivity (Wildman–Crippen MR) is 443 cm³/mol. The molecule has 7 aliphatic heterocycles. The van der Waals surface area contributed by atoms with Gasteiger partial charge < -0.3 is 144 Å². The summed E-state index contributed by atoms with van der Waals surface area (Å²) in [5.41, 5.74) is 8.11. The SMILES string of the molecule is CN[C@@H](CC(C)C)C(=O)N[C@H]1C(=O)N[C@@H](CC(N)=O)C(=O)NC2C(=O)N[C@@H]3C(=O)N[C@@H](C(=O)N[C@@H](C(=O)NCCCCN)c4cc(O)cc(O)c4-c4cc3ccc4O)[C@H](O)c3ccc(c(Cl)c3)Oc3cc2cc(c3OC2O[C@@H](CO)[C@@H](O)[C@@H](O)[C@H]2O[C@H]2C[C@@](C)(NCc3cccc(NC(=O)c4cccc(OC(F)(F)F)c4)c3)[C@@H](O)[C@@H](C)O2)Oc2ccc(cc2Cl)[C@H]1O. The molecule has 7 aromatic carbocycles. The highest BCUT2D eigenvalue weighted by molar-refractivity contribution is 6.32. The van der Waals surface area contributed by atoms with Crippen LogP contribution in [0.5, 0.6) is 51.7 Å². The summed E-state index contributed by atoms with van der Waals surface area (Å²) >= 11 is 14.4. The first kappa shape index (κ1) is 94.4. The van der Waals surface area contributed by atoms with Gasteiger partial charge in [0.05, 0.1) is 41.3 Å². The third-order valence-corrected chi connectivity index (χ3v) is 22.5. The van der Waals surface area contributed by atoms with Crippen molar-refractivity contribution in [2.75, 3.05) is 32.1 Å². The number of rotatable bonds is 23. The Morgan fingerprint density at radius 2 is 1.35 bits per heavy atom. The second-order valence-corrected chi connectivity index (χ2v) is 32.5. The van der Waals surface area contributed by atoms with Crippen LogP contribution in [-0.2, 0) is 59.1 Å². The minimum atomic E-state index is -5.04. The standard InChI is InChI=1S/C85H95Cl2F3N12O25/c1-36(2)22-51(93-5)76(114)101-66-68(108)40-15-18-55(49(86)26-40)122-57-28-43-29-58(72(57)126-83-73(71(111)70(110)59(35-103)124-83)125-61-33-84(4,74(112)37(3)121-61)95-34-38-10-8-12-44(23-38)96-75(113)42-11-9-13-46(24-42)127-85(88,89)90)123-56-19-16-41(27-50(56)87)69(109)67-82(120)100-65(78(116)94-21-7-6-20-91)48-30-45(104)31-54(106)62(48)47-25-39(14-17-53(47)105)63(79(117)102-67)99-80(118)64(43)98-77(115)52(32-60(92)107)97-81(66)119/h8-19,23-31,36-37,51-52,59,61,63-71,73-74,83,93,95,103-106,108-112H,6-7,20-22,32-35,91H2,1-5H3,(H2,92,107)(H,94,116)(H,96,113)(H,97,119)(H,98,115)(H,99,118)(H,100,120)(H,101,114)(H,102,117)/t37-,51+,52+,59+,61+,63+,64?,65-,66-,67-,68-,69-,70-,71-,73-,74+,83?,84-/m1/s1. The number of primary amides is 1. The van der Waals surface area contributed by atoms with E-state index in [2.05, 4.69) is 57.9 Å². The molecule has 0 aliphatic carbocycles. The van der Waals surface area contributed by atoms with Crippen LogP contribution in [0.25, 0.3) is 11.1 Å². The van der Waals surface area contributed by atoms with Gasteiger partial charge in [0.2, 0.25) is 59.3 Å². The molecule has 9 amide bonds. The maximum Gasteiger partial charge on any atom is 0.573 e. The number of unbranched alkanes of at least 4 members (excludes halogenated alkanes) is 1. The van der Waals surface area contributed by atoms with E-state index >= 15 is 24.0 Å². The maximum absolute atomic E-state index is 16.4. The van der Waals surface area contributed by atoms with Crippen molar-refractivity contribution < 1.29 is 135 Å². The van der Waals surface area contributed by atoms with Crippen LogP contribution >= 0.6 is 23.2 Å². The van der Waals surface area contributed by atoms with E-state index in [1.165, 1.54) is 44.3 Å². The number of carbonyl (C=O) groups is 9. The third-order valence-electron chi connectivity index (χ3n) is 21.9. The van der Waals surface area contributed by atoms with Gasteiger partial charge in [-0.05, 0) is 171 Å². The average Bonchev–Trinajstić information content (AvgIpc) is 0.762. The number of aliphatic hydroxyl groups excluding tert-OH is 6. The smallest absolute Gasteiger partial charge is 0.508 e. The number of phenols is 3. The van der Waals surface area contributed by atoms with Crippen LogP contribution < -0.4 is 83.6 Å². The Labute approximate surface area is 732 Å². The molecule has 23 N–H and O–H groups in total. The molecule has 42 heteroatoms. The van der Waals surface area contributed by atoms with Crippen molar-refractivity contribution in [3.8, 4) is 62.9 Å². The van der Waals surface area contributed by atoms with Gasteiger partial charge in [-0.2, -0.15) is 0 Å². The van der Waals surface area contributed by atoms with Gasteiger partial charge in [0, 0.05) is 53.5 Å². The van der Waals surface area contributed by atoms with Crippen LogP contribution in [0.3, 0.4) is 0 Å². The van der Waals surface area contributed by atoms with Crippen LogP contribution in [0.2, 0.25) is 10.0 Å². The molecular weight excluding hydrogens is 1720 g/mol. The monoisotopic (exact) mass is 1810 g/mol. The number of amides is 9. The summed E-state index contributed by atoms with van der Waals surface area (Å²) in [4.78, 5) is 134. The number of ether oxygens (including phenoxy) is 7. The number of halogens is 5. The summed E-state index contributed by atoms with van der Waals surface area (Å²) < 4.78 is 82.8. The number of nitrogens with two attached hydrogens (primary N) is 2. The number of hydrogen-bond donors (Lipinski definition) is 21. The van der Waals surface area contributed by atoms with Gasteiger partial charge in [0.15, 0.2) is 23.9 Å². The quantitative estimate of drug-likeness (QED) is 0.0404. The Balaban J connectivity index is 1.01. The second kappa shape index (κ2) is 40.1. The average molecular weight is 1810 g/mol. The molecule has 14 rings (SSSR count). The molecule has 7 aliphatic rings. The molecule has 2 fully saturated rings. The molecule has 18 atom stereocenters. The second-order valence-electron chi connectivity index (χ2n) is 31.7. The molecule has 0 aromatic heterocycles. The van der Waals surface area contributed by atoms with Crippen LogP contribution in [0.15, 0.2) is 127 Å². The van der Waals surface area contributed by atoms with E-state index in [-0.39, 0.29) is 77.6 Å². The highest BCUT2D eigenvalue weighted by atomic mass is 35.5. The summed E-state index contributed by atoms with van der Waals surface area (Å²) in [6, 6.07) is 10.4. The first-order chi connectivity index (χ1) is 60.2. The van der Waals surface area contributed by atoms with Gasteiger partial charge in [-0.15, -0.1) is 13.2 Å². The Morgan fingerprint density at radius 1 is 0.701 bits per heavy atom. The molecule has 0 radical (unpaired) electrons. The van der Waals surface area contributed by atoms with Crippen molar-refractivity contribution >= 4 is 82.1 Å². The summed E-state index contributed by atoms with van der Waals surface area (Å²) in [7, 11) is 1.46. The predicted octanol–water partition coefficient (Wildman–Crippen LogP) is 3.86. The fraction of sp³-hybridized carbons (Fsp3) is 0.400. The van der Waals surface area contributed by atoms with Crippen molar-refractivity contribution in [3.63, 3.8) is 0 Å². The lowest BCUT2D eigenvalue weighted by atomic mass is 9.84. The summed E-state index contributed by atoms with van der Waals surface area (Å²) in [6.07, 6.45) is -24.0. The van der Waals surface area contributed by atoms with Gasteiger partial charge in [0.1, 0.15) is 101 Å². The Kier molecular flexibility index (Phi) is 29.8. The fourth-order valence-electron chi connectivity index (χ4n) is 15.3. The van der Waals surface area contributed by atoms with Gasteiger partial charge in [-0.1, -0.05) is 73.4 Å². The number of hydrogen-bond acceptors (Lipinski definition) is 28. The number of carbonyl (C=O) groups excluding carboxylic acids is 9. The Hall–Kier alpha value is -11.7. The lowest BCUT2D eigenvalue weighted by molar-refractivity contribution is -0.334. The maximum atomic E-state index is 16.4. The molecule has 11 bridgehead atoms. The van der Waals surface area contributed by atoms with E-state index in [4.69, 9.17) is 63.1 Å². The van der Waals surface area contributed by atoms with Crippen LogP contribution in [0.4, 0.5) is 18.9 Å². The summed E-state index contributed by atoms with van der Waals surface area (Å²) in [5.74, 6) is -16.7. The highest BCUT2D eigenvalue weighted by Crippen LogP contribution is 2.50. The van der Waals surface area contributed by atoms with E-state index in [1.54, 1.807) is 25.1 Å². The van der Waals surface area contributed by atoms with Crippen molar-refractivity contribution in [2.45, 2.75) is 182 Å². The molecule has 0 spiro atoms. The lowest BCUT2D eigenvalue weighted by Crippen LogP contribution is -2.65. The molecule has 680 valence electrons. The number of nitrogens with one attached hydrogen (secondary N) is 10. The fourth-order valence-corrected chi connectivity index (χ4v) is 15.8. The Morgan fingerprint density at radius 3 is 2.00 bits per heavy atom. The zero-order chi connectivity index (χ0) is 91.9. The minimum absolute atomic E-state index is 0.0481.